The second-order valence-electron chi connectivity index (χ2n) is 3.56. The third-order valence-corrected chi connectivity index (χ3v) is 2.41. The van der Waals surface area contributed by atoms with Gasteiger partial charge in [0.1, 0.15) is 5.75 Å². The zero-order valence-corrected chi connectivity index (χ0v) is 10.6. The summed E-state index contributed by atoms with van der Waals surface area (Å²) in [6, 6.07) is 4.35. The first kappa shape index (κ1) is 14.9. The minimum absolute atomic E-state index is 0.0197. The van der Waals surface area contributed by atoms with Crippen molar-refractivity contribution in [2.75, 3.05) is 6.61 Å². The van der Waals surface area contributed by atoms with Gasteiger partial charge in [0.25, 0.3) is 0 Å². The number of hydrogen-bond donors (Lipinski definition) is 0. The van der Waals surface area contributed by atoms with Crippen molar-refractivity contribution in [3.05, 3.63) is 28.8 Å². The largest absolute Gasteiger partial charge is 0.462 e. The maximum absolute atomic E-state index is 12.3. The first-order valence-electron chi connectivity index (χ1n) is 5.72. The predicted molar refractivity (Wildman–Crippen MR) is 63.1 cm³/mol. The number of carbonyl (C=O) groups excluding carboxylic acids is 1. The van der Waals surface area contributed by atoms with Gasteiger partial charge in [0, 0.05) is 5.56 Å². The standard InChI is InChI=1S/C13H13F2NO3/c1-3-10-9(7-16)5-8(12(17)18-4-2)6-11(10)19-13(14)15/h5-6,13H,3-4H2,1-2H3. The smallest absolute Gasteiger partial charge is 0.387 e. The molecule has 0 bridgehead atoms. The van der Waals surface area contributed by atoms with Crippen LogP contribution in [0.4, 0.5) is 8.78 Å². The van der Waals surface area contributed by atoms with Crippen molar-refractivity contribution in [3.8, 4) is 11.8 Å². The molecule has 1 aromatic rings. The van der Waals surface area contributed by atoms with Gasteiger partial charge in [-0.15, -0.1) is 0 Å². The van der Waals surface area contributed by atoms with Gasteiger partial charge in [-0.1, -0.05) is 6.92 Å². The van der Waals surface area contributed by atoms with Crippen molar-refractivity contribution in [2.24, 2.45) is 0 Å². The number of nitriles is 1. The molecule has 1 aromatic carbocycles. The van der Waals surface area contributed by atoms with Gasteiger partial charge in [0.05, 0.1) is 23.8 Å². The number of rotatable bonds is 5. The molecule has 6 heteroatoms. The zero-order chi connectivity index (χ0) is 14.4. The lowest BCUT2D eigenvalue weighted by Gasteiger charge is -2.12. The number of nitrogens with zero attached hydrogens (tertiary/aromatic N) is 1. The van der Waals surface area contributed by atoms with E-state index in [2.05, 4.69) is 4.74 Å². The zero-order valence-electron chi connectivity index (χ0n) is 10.6. The van der Waals surface area contributed by atoms with E-state index in [1.165, 1.54) is 12.1 Å². The van der Waals surface area contributed by atoms with Crippen LogP contribution in [0.2, 0.25) is 0 Å². The third-order valence-electron chi connectivity index (χ3n) is 2.41. The minimum atomic E-state index is -3.02. The summed E-state index contributed by atoms with van der Waals surface area (Å²) in [5.74, 6) is -0.847. The van der Waals surface area contributed by atoms with Crippen LogP contribution in [0.15, 0.2) is 12.1 Å². The number of ether oxygens (including phenoxy) is 2. The lowest BCUT2D eigenvalue weighted by Crippen LogP contribution is -2.10. The normalized spacial score (nSPS) is 10.1. The summed E-state index contributed by atoms with van der Waals surface area (Å²) in [5.41, 5.74) is 0.491. The van der Waals surface area contributed by atoms with Crippen LogP contribution in [0.1, 0.15) is 35.3 Å². The van der Waals surface area contributed by atoms with Gasteiger partial charge in [-0.2, -0.15) is 14.0 Å². The Hall–Kier alpha value is -2.16. The van der Waals surface area contributed by atoms with Crippen molar-refractivity contribution >= 4 is 5.97 Å². The second kappa shape index (κ2) is 6.69. The molecule has 19 heavy (non-hydrogen) atoms. The van der Waals surface area contributed by atoms with Gasteiger partial charge in [0.15, 0.2) is 0 Å². The van der Waals surface area contributed by atoms with Crippen molar-refractivity contribution < 1.29 is 23.0 Å². The van der Waals surface area contributed by atoms with Crippen LogP contribution in [0.5, 0.6) is 5.75 Å². The molecular weight excluding hydrogens is 256 g/mol. The van der Waals surface area contributed by atoms with Gasteiger partial charge in [0.2, 0.25) is 0 Å². The highest BCUT2D eigenvalue weighted by molar-refractivity contribution is 5.90. The Kier molecular flexibility index (Phi) is 5.24. The predicted octanol–water partition coefficient (Wildman–Crippen LogP) is 2.90. The quantitative estimate of drug-likeness (QED) is 0.771. The van der Waals surface area contributed by atoms with E-state index in [4.69, 9.17) is 10.00 Å². The Morgan fingerprint density at radius 1 is 1.42 bits per heavy atom. The lowest BCUT2D eigenvalue weighted by molar-refractivity contribution is -0.0505. The van der Waals surface area contributed by atoms with Crippen LogP contribution >= 0.6 is 0 Å². The molecule has 0 aromatic heterocycles. The monoisotopic (exact) mass is 269 g/mol. The van der Waals surface area contributed by atoms with Gasteiger partial charge in [-0.05, 0) is 25.5 Å². The summed E-state index contributed by atoms with van der Waals surface area (Å²) >= 11 is 0. The molecule has 0 radical (unpaired) electrons. The van der Waals surface area contributed by atoms with Crippen LogP contribution in [0.25, 0.3) is 0 Å². The van der Waals surface area contributed by atoms with Gasteiger partial charge in [-0.25, -0.2) is 4.79 Å². The molecule has 0 aliphatic heterocycles. The molecule has 0 aliphatic carbocycles. The molecule has 0 fully saturated rings. The van der Waals surface area contributed by atoms with E-state index < -0.39 is 12.6 Å². The summed E-state index contributed by atoms with van der Waals surface area (Å²) in [5, 5.41) is 9.00. The number of benzene rings is 1. The number of esters is 1. The van der Waals surface area contributed by atoms with Gasteiger partial charge < -0.3 is 9.47 Å². The van der Waals surface area contributed by atoms with E-state index in [9.17, 15) is 13.6 Å². The van der Waals surface area contributed by atoms with Gasteiger partial charge >= 0.3 is 12.6 Å². The Bertz CT molecular complexity index is 509. The van der Waals surface area contributed by atoms with Gasteiger partial charge in [-0.3, -0.25) is 0 Å². The number of hydrogen-bond acceptors (Lipinski definition) is 4. The molecule has 0 N–H and O–H groups in total. The summed E-state index contributed by atoms with van der Waals surface area (Å²) in [6.07, 6.45) is 0.341. The molecule has 0 unspecified atom stereocenters. The Balaban J connectivity index is 3.30. The third kappa shape index (κ3) is 3.65. The van der Waals surface area contributed by atoms with E-state index in [0.717, 1.165) is 0 Å². The maximum Gasteiger partial charge on any atom is 0.387 e. The minimum Gasteiger partial charge on any atom is -0.462 e. The highest BCUT2D eigenvalue weighted by atomic mass is 19.3. The molecule has 0 amide bonds. The molecule has 0 heterocycles. The lowest BCUT2D eigenvalue weighted by atomic mass is 10.0. The molecule has 0 spiro atoms. The van der Waals surface area contributed by atoms with Crippen molar-refractivity contribution in [1.29, 1.82) is 5.26 Å². The Morgan fingerprint density at radius 2 is 2.11 bits per heavy atom. The average Bonchev–Trinajstić information content (AvgIpc) is 2.37. The molecule has 1 rings (SSSR count). The van der Waals surface area contributed by atoms with E-state index in [1.807, 2.05) is 6.07 Å². The van der Waals surface area contributed by atoms with E-state index >= 15 is 0 Å². The summed E-state index contributed by atoms with van der Waals surface area (Å²) in [7, 11) is 0. The molecule has 0 aliphatic rings. The molecule has 4 nitrogen and oxygen atoms in total. The number of carbonyl (C=O) groups is 1. The van der Waals surface area contributed by atoms with E-state index in [0.29, 0.717) is 12.0 Å². The van der Waals surface area contributed by atoms with Crippen LogP contribution in [0, 0.1) is 11.3 Å². The topological polar surface area (TPSA) is 59.3 Å². The van der Waals surface area contributed by atoms with Crippen molar-refractivity contribution in [3.63, 3.8) is 0 Å². The second-order valence-corrected chi connectivity index (χ2v) is 3.56. The summed E-state index contributed by atoms with van der Waals surface area (Å²) < 4.78 is 33.8. The fraction of sp³-hybridized carbons (Fsp3) is 0.385. The number of alkyl halides is 2. The molecule has 102 valence electrons. The first-order valence-corrected chi connectivity index (χ1v) is 5.72. The highest BCUT2D eigenvalue weighted by Crippen LogP contribution is 2.27. The van der Waals surface area contributed by atoms with Crippen LogP contribution in [0.3, 0.4) is 0 Å². The fourth-order valence-corrected chi connectivity index (χ4v) is 1.64. The Morgan fingerprint density at radius 3 is 2.58 bits per heavy atom. The number of halogens is 2. The van der Waals surface area contributed by atoms with Crippen LogP contribution in [-0.4, -0.2) is 19.2 Å². The van der Waals surface area contributed by atoms with Crippen molar-refractivity contribution in [2.45, 2.75) is 26.9 Å². The summed E-state index contributed by atoms with van der Waals surface area (Å²) in [4.78, 5) is 11.6. The average molecular weight is 269 g/mol. The molecule has 0 saturated heterocycles. The van der Waals surface area contributed by atoms with Crippen LogP contribution in [-0.2, 0) is 11.2 Å². The first-order chi connectivity index (χ1) is 9.03. The molecular formula is C13H13F2NO3. The van der Waals surface area contributed by atoms with Crippen LogP contribution < -0.4 is 4.74 Å². The molecule has 0 atom stereocenters. The van der Waals surface area contributed by atoms with Crippen molar-refractivity contribution in [1.82, 2.24) is 0 Å². The van der Waals surface area contributed by atoms with E-state index in [1.54, 1.807) is 13.8 Å². The summed E-state index contributed by atoms with van der Waals surface area (Å²) in [6.45, 7) is 0.467. The fourth-order valence-electron chi connectivity index (χ4n) is 1.64. The van der Waals surface area contributed by atoms with E-state index in [-0.39, 0.29) is 23.5 Å². The Labute approximate surface area is 109 Å². The molecule has 0 saturated carbocycles. The maximum atomic E-state index is 12.3. The SMILES string of the molecule is CCOC(=O)c1cc(C#N)c(CC)c(OC(F)F)c1. The highest BCUT2D eigenvalue weighted by Gasteiger charge is 2.17.